The van der Waals surface area contributed by atoms with E-state index in [9.17, 15) is 9.59 Å². The summed E-state index contributed by atoms with van der Waals surface area (Å²) >= 11 is 0. The zero-order chi connectivity index (χ0) is 12.7. The maximum absolute atomic E-state index is 11.4. The van der Waals surface area contributed by atoms with Gasteiger partial charge < -0.3 is 9.84 Å². The fourth-order valence-electron chi connectivity index (χ4n) is 1.37. The average molecular weight is 273 g/mol. The molecule has 0 saturated carbocycles. The molecule has 1 rings (SSSR count). The van der Waals surface area contributed by atoms with Gasteiger partial charge in [-0.25, -0.2) is 4.79 Å². The molecule has 0 aliphatic carbocycles. The Morgan fingerprint density at radius 2 is 1.78 bits per heavy atom. The van der Waals surface area contributed by atoms with Crippen molar-refractivity contribution in [2.24, 2.45) is 0 Å². The summed E-state index contributed by atoms with van der Waals surface area (Å²) in [5.41, 5.74) is 0.177. The number of carboxylic acid groups (broad SMARTS) is 1. The molecule has 5 heteroatoms. The first-order valence-electron chi connectivity index (χ1n) is 5.67. The number of hydrogen-bond donors (Lipinski definition) is 1. The summed E-state index contributed by atoms with van der Waals surface area (Å²) in [5, 5.41) is 8.69. The molecule has 0 aliphatic rings. The Bertz CT molecular complexity index is 386. The minimum absolute atomic E-state index is 0. The summed E-state index contributed by atoms with van der Waals surface area (Å²) in [7, 11) is 0. The number of hydrogen-bond acceptors (Lipinski definition) is 3. The van der Waals surface area contributed by atoms with Gasteiger partial charge in [-0.2, -0.15) is 0 Å². The average Bonchev–Trinajstić information content (AvgIpc) is 2.30. The molecule has 0 spiro atoms. The zero-order valence-corrected chi connectivity index (χ0v) is 11.0. The predicted octanol–water partition coefficient (Wildman–Crippen LogP) is 3.29. The van der Waals surface area contributed by atoms with Gasteiger partial charge in [0, 0.05) is 6.42 Å². The Balaban J connectivity index is 0.00000289. The second-order valence-corrected chi connectivity index (χ2v) is 3.76. The molecule has 0 amide bonds. The van der Waals surface area contributed by atoms with Crippen LogP contribution in [0.25, 0.3) is 0 Å². The van der Waals surface area contributed by atoms with Crippen molar-refractivity contribution in [1.29, 1.82) is 0 Å². The Hall–Kier alpha value is -1.55. The minimum atomic E-state index is -0.995. The predicted molar refractivity (Wildman–Crippen MR) is 70.4 cm³/mol. The Morgan fingerprint density at radius 1 is 1.17 bits per heavy atom. The van der Waals surface area contributed by atoms with Crippen LogP contribution in [-0.4, -0.2) is 17.0 Å². The number of esters is 1. The number of aromatic carboxylic acids is 1. The van der Waals surface area contributed by atoms with Crippen LogP contribution in [0.3, 0.4) is 0 Å². The van der Waals surface area contributed by atoms with Crippen LogP contribution < -0.4 is 4.74 Å². The lowest BCUT2D eigenvalue weighted by atomic mass is 10.2. The molecule has 100 valence electrons. The van der Waals surface area contributed by atoms with Gasteiger partial charge in [-0.15, -0.1) is 12.4 Å². The molecule has 1 aromatic rings. The van der Waals surface area contributed by atoms with Crippen LogP contribution in [0.4, 0.5) is 0 Å². The molecule has 0 saturated heterocycles. The van der Waals surface area contributed by atoms with Gasteiger partial charge in [0.2, 0.25) is 0 Å². The molecular weight excluding hydrogens is 256 g/mol. The normalized spacial score (nSPS) is 9.39. The molecule has 0 fully saturated rings. The third kappa shape index (κ3) is 5.68. The van der Waals surface area contributed by atoms with Crippen molar-refractivity contribution in [3.05, 3.63) is 29.8 Å². The second-order valence-electron chi connectivity index (χ2n) is 3.76. The summed E-state index contributed by atoms with van der Waals surface area (Å²) in [4.78, 5) is 22.0. The van der Waals surface area contributed by atoms with E-state index in [4.69, 9.17) is 9.84 Å². The zero-order valence-electron chi connectivity index (χ0n) is 10.2. The molecule has 1 N–H and O–H groups in total. The maximum Gasteiger partial charge on any atom is 0.335 e. The molecule has 4 nitrogen and oxygen atoms in total. The van der Waals surface area contributed by atoms with Gasteiger partial charge in [0.05, 0.1) is 5.56 Å². The first-order chi connectivity index (χ1) is 8.13. The number of carbonyl (C=O) groups is 2. The summed E-state index contributed by atoms with van der Waals surface area (Å²) in [5.74, 6) is -0.885. The summed E-state index contributed by atoms with van der Waals surface area (Å²) < 4.78 is 5.06. The van der Waals surface area contributed by atoms with E-state index in [0.717, 1.165) is 19.3 Å². The van der Waals surface area contributed by atoms with Crippen molar-refractivity contribution in [2.75, 3.05) is 0 Å². The minimum Gasteiger partial charge on any atom is -0.478 e. The van der Waals surface area contributed by atoms with Crippen molar-refractivity contribution in [2.45, 2.75) is 32.6 Å². The molecular formula is C13H17ClO4. The summed E-state index contributed by atoms with van der Waals surface area (Å²) in [6.07, 6.45) is 3.28. The van der Waals surface area contributed by atoms with E-state index in [1.807, 2.05) is 0 Å². The lowest BCUT2D eigenvalue weighted by molar-refractivity contribution is -0.134. The highest BCUT2D eigenvalue weighted by Gasteiger charge is 2.06. The first-order valence-corrected chi connectivity index (χ1v) is 5.67. The van der Waals surface area contributed by atoms with E-state index in [-0.39, 0.29) is 23.9 Å². The first kappa shape index (κ1) is 16.4. The topological polar surface area (TPSA) is 63.6 Å². The van der Waals surface area contributed by atoms with Gasteiger partial charge in [0.1, 0.15) is 5.75 Å². The van der Waals surface area contributed by atoms with Crippen LogP contribution in [0.1, 0.15) is 43.0 Å². The Kier molecular flexibility index (Phi) is 7.79. The van der Waals surface area contributed by atoms with E-state index in [0.29, 0.717) is 12.2 Å². The smallest absolute Gasteiger partial charge is 0.335 e. The van der Waals surface area contributed by atoms with Crippen molar-refractivity contribution < 1.29 is 19.4 Å². The summed E-state index contributed by atoms with van der Waals surface area (Å²) in [6, 6.07) is 5.80. The van der Waals surface area contributed by atoms with Gasteiger partial charge in [-0.3, -0.25) is 4.79 Å². The van der Waals surface area contributed by atoms with E-state index in [1.165, 1.54) is 24.3 Å². The maximum atomic E-state index is 11.4. The van der Waals surface area contributed by atoms with E-state index in [1.54, 1.807) is 0 Å². The molecule has 0 unspecified atom stereocenters. The molecule has 0 aliphatic heterocycles. The number of rotatable bonds is 6. The van der Waals surface area contributed by atoms with Crippen molar-refractivity contribution in [1.82, 2.24) is 0 Å². The molecule has 18 heavy (non-hydrogen) atoms. The fraction of sp³-hybridized carbons (Fsp3) is 0.385. The SMILES string of the molecule is CCCCCC(=O)Oc1ccc(C(=O)O)cc1.Cl. The Labute approximate surface area is 112 Å². The highest BCUT2D eigenvalue weighted by molar-refractivity contribution is 5.87. The second kappa shape index (κ2) is 8.53. The lowest BCUT2D eigenvalue weighted by Crippen LogP contribution is -2.07. The van der Waals surface area contributed by atoms with Crippen LogP contribution in [0.5, 0.6) is 5.75 Å². The highest BCUT2D eigenvalue weighted by atomic mass is 35.5. The Morgan fingerprint density at radius 3 is 2.28 bits per heavy atom. The third-order valence-corrected chi connectivity index (χ3v) is 2.32. The van der Waals surface area contributed by atoms with Gasteiger partial charge in [-0.1, -0.05) is 19.8 Å². The highest BCUT2D eigenvalue weighted by Crippen LogP contribution is 2.13. The monoisotopic (exact) mass is 272 g/mol. The summed E-state index contributed by atoms with van der Waals surface area (Å²) in [6.45, 7) is 2.07. The number of carboxylic acids is 1. The van der Waals surface area contributed by atoms with Gasteiger partial charge in [-0.05, 0) is 30.7 Å². The quantitative estimate of drug-likeness (QED) is 0.490. The van der Waals surface area contributed by atoms with Crippen LogP contribution in [0.2, 0.25) is 0 Å². The van der Waals surface area contributed by atoms with Crippen molar-refractivity contribution in [3.8, 4) is 5.75 Å². The van der Waals surface area contributed by atoms with Gasteiger partial charge in [0.15, 0.2) is 0 Å². The standard InChI is InChI=1S/C13H16O4.ClH/c1-2-3-4-5-12(14)17-11-8-6-10(7-9-11)13(15)16;/h6-9H,2-5H2,1H3,(H,15,16);1H. The molecule has 0 bridgehead atoms. The van der Waals surface area contributed by atoms with Crippen LogP contribution >= 0.6 is 12.4 Å². The van der Waals surface area contributed by atoms with Gasteiger partial charge in [0.25, 0.3) is 0 Å². The van der Waals surface area contributed by atoms with E-state index >= 15 is 0 Å². The van der Waals surface area contributed by atoms with E-state index in [2.05, 4.69) is 6.92 Å². The molecule has 0 atom stereocenters. The fourth-order valence-corrected chi connectivity index (χ4v) is 1.37. The van der Waals surface area contributed by atoms with Gasteiger partial charge >= 0.3 is 11.9 Å². The number of unbranched alkanes of at least 4 members (excludes halogenated alkanes) is 2. The number of halogens is 1. The number of benzene rings is 1. The number of carbonyl (C=O) groups excluding carboxylic acids is 1. The van der Waals surface area contributed by atoms with Crippen LogP contribution in [0.15, 0.2) is 24.3 Å². The third-order valence-electron chi connectivity index (χ3n) is 2.32. The molecule has 1 aromatic carbocycles. The lowest BCUT2D eigenvalue weighted by Gasteiger charge is -2.04. The van der Waals surface area contributed by atoms with Crippen molar-refractivity contribution >= 4 is 24.3 Å². The van der Waals surface area contributed by atoms with Crippen molar-refractivity contribution in [3.63, 3.8) is 0 Å². The largest absolute Gasteiger partial charge is 0.478 e. The molecule has 0 heterocycles. The van der Waals surface area contributed by atoms with Crippen LogP contribution in [-0.2, 0) is 4.79 Å². The van der Waals surface area contributed by atoms with E-state index < -0.39 is 5.97 Å². The molecule has 0 aromatic heterocycles. The number of ether oxygens (including phenoxy) is 1. The van der Waals surface area contributed by atoms with Crippen LogP contribution in [0, 0.1) is 0 Å². The molecule has 0 radical (unpaired) electrons.